The second-order valence-corrected chi connectivity index (χ2v) is 5.99. The summed E-state index contributed by atoms with van der Waals surface area (Å²) < 4.78 is 0. The van der Waals surface area contributed by atoms with Crippen LogP contribution in [0.25, 0.3) is 0 Å². The maximum atomic E-state index is 12.0. The number of hydrogen-bond acceptors (Lipinski definition) is 6. The van der Waals surface area contributed by atoms with Crippen molar-refractivity contribution in [1.29, 1.82) is 0 Å². The molecule has 1 aliphatic heterocycles. The topological polar surface area (TPSA) is 91.5 Å². The van der Waals surface area contributed by atoms with E-state index in [1.807, 2.05) is 6.92 Å². The molecular weight excluding hydrogens is 276 g/mol. The summed E-state index contributed by atoms with van der Waals surface area (Å²) in [6, 6.07) is 0. The third kappa shape index (κ3) is 3.61. The number of rotatable bonds is 6. The third-order valence-corrected chi connectivity index (χ3v) is 4.59. The van der Waals surface area contributed by atoms with Crippen LogP contribution in [-0.4, -0.2) is 41.7 Å². The molecule has 0 spiro atoms. The van der Waals surface area contributed by atoms with Gasteiger partial charge in [0, 0.05) is 19.6 Å². The summed E-state index contributed by atoms with van der Waals surface area (Å²) in [6.45, 7) is 4.33. The molecule has 112 valence electrons. The van der Waals surface area contributed by atoms with Crippen LogP contribution in [0.3, 0.4) is 0 Å². The molecule has 0 radical (unpaired) electrons. The number of nitrogens with one attached hydrogen (secondary N) is 1. The highest BCUT2D eigenvalue weighted by molar-refractivity contribution is 7.18. The molecule has 0 bridgehead atoms. The zero-order chi connectivity index (χ0) is 14.5. The molecule has 2 rings (SSSR count). The first kappa shape index (κ1) is 15.1. The third-order valence-electron chi connectivity index (χ3n) is 3.46. The number of aromatic nitrogens is 1. The van der Waals surface area contributed by atoms with E-state index in [-0.39, 0.29) is 12.0 Å². The van der Waals surface area contributed by atoms with Gasteiger partial charge in [-0.3, -0.25) is 4.79 Å². The van der Waals surface area contributed by atoms with Gasteiger partial charge in [-0.25, -0.2) is 4.98 Å². The molecule has 1 aromatic rings. The molecule has 0 aromatic carbocycles. The molecule has 4 N–H and O–H groups in total. The lowest BCUT2D eigenvalue weighted by Crippen LogP contribution is -2.26. The molecule has 1 unspecified atom stereocenters. The highest BCUT2D eigenvalue weighted by Gasteiger charge is 2.21. The molecular formula is C13H22N4O2S. The van der Waals surface area contributed by atoms with E-state index in [0.29, 0.717) is 30.1 Å². The Morgan fingerprint density at radius 1 is 1.55 bits per heavy atom. The van der Waals surface area contributed by atoms with Crippen LogP contribution >= 0.6 is 11.3 Å². The number of hydrogen-bond donors (Lipinski definition) is 3. The van der Waals surface area contributed by atoms with E-state index in [2.05, 4.69) is 15.2 Å². The Bertz CT molecular complexity index is 457. The average Bonchev–Trinajstić information content (AvgIpc) is 3.07. The Morgan fingerprint density at radius 2 is 2.25 bits per heavy atom. The van der Waals surface area contributed by atoms with Crippen LogP contribution < -0.4 is 16.0 Å². The van der Waals surface area contributed by atoms with Crippen LogP contribution in [0.1, 0.15) is 42.3 Å². The number of carbonyl (C=O) groups is 1. The minimum Gasteiger partial charge on any atom is -0.393 e. The van der Waals surface area contributed by atoms with Crippen molar-refractivity contribution in [2.75, 3.05) is 30.3 Å². The number of aliphatic hydroxyl groups is 1. The van der Waals surface area contributed by atoms with Gasteiger partial charge in [-0.2, -0.15) is 0 Å². The van der Waals surface area contributed by atoms with Gasteiger partial charge in [0.2, 0.25) is 0 Å². The summed E-state index contributed by atoms with van der Waals surface area (Å²) in [5.41, 5.74) is 5.83. The van der Waals surface area contributed by atoms with Crippen LogP contribution in [0.4, 0.5) is 10.9 Å². The molecule has 6 nitrogen and oxygen atoms in total. The lowest BCUT2D eigenvalue weighted by Gasteiger charge is -2.11. The molecule has 1 atom stereocenters. The number of nitrogens with two attached hydrogens (primary N) is 1. The lowest BCUT2D eigenvalue weighted by atomic mass is 10.2. The molecule has 0 aliphatic carbocycles. The first-order valence-corrected chi connectivity index (χ1v) is 7.91. The Hall–Kier alpha value is -1.34. The van der Waals surface area contributed by atoms with Crippen molar-refractivity contribution in [2.24, 2.45) is 0 Å². The zero-order valence-electron chi connectivity index (χ0n) is 11.8. The van der Waals surface area contributed by atoms with Gasteiger partial charge in [-0.05, 0) is 25.7 Å². The summed E-state index contributed by atoms with van der Waals surface area (Å²) in [5, 5.41) is 13.1. The van der Waals surface area contributed by atoms with E-state index >= 15 is 0 Å². The van der Waals surface area contributed by atoms with E-state index in [1.54, 1.807) is 0 Å². The fraction of sp³-hybridized carbons (Fsp3) is 0.692. The zero-order valence-corrected chi connectivity index (χ0v) is 12.6. The molecule has 1 fully saturated rings. The number of aliphatic hydroxyl groups excluding tert-OH is 1. The minimum absolute atomic E-state index is 0.200. The smallest absolute Gasteiger partial charge is 0.265 e. The van der Waals surface area contributed by atoms with Crippen molar-refractivity contribution in [3.63, 3.8) is 0 Å². The van der Waals surface area contributed by atoms with Crippen LogP contribution in [-0.2, 0) is 0 Å². The maximum Gasteiger partial charge on any atom is 0.265 e. The van der Waals surface area contributed by atoms with Crippen LogP contribution in [0.2, 0.25) is 0 Å². The highest BCUT2D eigenvalue weighted by Crippen LogP contribution is 2.30. The number of anilines is 2. The van der Waals surface area contributed by atoms with Crippen LogP contribution in [0.15, 0.2) is 0 Å². The van der Waals surface area contributed by atoms with E-state index < -0.39 is 0 Å². The van der Waals surface area contributed by atoms with Gasteiger partial charge in [0.05, 0.1) is 6.10 Å². The monoisotopic (exact) mass is 298 g/mol. The standard InChI is InChI=1S/C13H22N4O2S/c1-2-9(18)5-6-15-12(19)10-11(14)16-13(20-10)17-7-3-4-8-17/h9,18H,2-8,14H2,1H3,(H,15,19). The summed E-state index contributed by atoms with van der Waals surface area (Å²) in [6.07, 6.45) is 3.21. The summed E-state index contributed by atoms with van der Waals surface area (Å²) in [7, 11) is 0. The summed E-state index contributed by atoms with van der Waals surface area (Å²) in [4.78, 5) is 19.0. The molecule has 1 saturated heterocycles. The van der Waals surface area contributed by atoms with Gasteiger partial charge in [0.1, 0.15) is 10.7 Å². The molecule has 1 aliphatic rings. The largest absolute Gasteiger partial charge is 0.393 e. The normalized spacial score (nSPS) is 16.4. The number of nitrogens with zero attached hydrogens (tertiary/aromatic N) is 2. The number of thiazole rings is 1. The molecule has 7 heteroatoms. The fourth-order valence-corrected chi connectivity index (χ4v) is 3.12. The molecule has 20 heavy (non-hydrogen) atoms. The van der Waals surface area contributed by atoms with Gasteiger partial charge in [-0.15, -0.1) is 0 Å². The summed E-state index contributed by atoms with van der Waals surface area (Å²) >= 11 is 1.34. The van der Waals surface area contributed by atoms with Crippen molar-refractivity contribution in [2.45, 2.75) is 38.7 Å². The molecule has 1 amide bonds. The quantitative estimate of drug-likeness (QED) is 0.734. The molecule has 2 heterocycles. The van der Waals surface area contributed by atoms with Crippen LogP contribution in [0, 0.1) is 0 Å². The molecule has 1 aromatic heterocycles. The second kappa shape index (κ2) is 6.90. The lowest BCUT2D eigenvalue weighted by molar-refractivity contribution is 0.0946. The predicted octanol–water partition coefficient (Wildman–Crippen LogP) is 1.22. The Kier molecular flexibility index (Phi) is 5.19. The average molecular weight is 298 g/mol. The van der Waals surface area contributed by atoms with E-state index in [9.17, 15) is 9.90 Å². The first-order chi connectivity index (χ1) is 9.61. The first-order valence-electron chi connectivity index (χ1n) is 7.09. The van der Waals surface area contributed by atoms with Crippen molar-refractivity contribution in [3.05, 3.63) is 4.88 Å². The predicted molar refractivity (Wildman–Crippen MR) is 81.2 cm³/mol. The molecule has 0 saturated carbocycles. The van der Waals surface area contributed by atoms with E-state index in [0.717, 1.165) is 31.1 Å². The van der Waals surface area contributed by atoms with E-state index in [4.69, 9.17) is 5.73 Å². The van der Waals surface area contributed by atoms with Crippen molar-refractivity contribution in [1.82, 2.24) is 10.3 Å². The number of nitrogen functional groups attached to an aromatic ring is 1. The van der Waals surface area contributed by atoms with Gasteiger partial charge in [0.25, 0.3) is 5.91 Å². The van der Waals surface area contributed by atoms with E-state index in [1.165, 1.54) is 11.3 Å². The maximum absolute atomic E-state index is 12.0. The van der Waals surface area contributed by atoms with Gasteiger partial charge >= 0.3 is 0 Å². The Balaban J connectivity index is 1.92. The van der Waals surface area contributed by atoms with Gasteiger partial charge in [0.15, 0.2) is 5.13 Å². The SMILES string of the molecule is CCC(O)CCNC(=O)c1sc(N2CCCC2)nc1N. The Labute approximate surface area is 123 Å². The van der Waals surface area contributed by atoms with Crippen molar-refractivity contribution >= 4 is 28.2 Å². The number of carbonyl (C=O) groups excluding carboxylic acids is 1. The van der Waals surface area contributed by atoms with Crippen molar-refractivity contribution < 1.29 is 9.90 Å². The fourth-order valence-electron chi connectivity index (χ4n) is 2.16. The van der Waals surface area contributed by atoms with Crippen molar-refractivity contribution in [3.8, 4) is 0 Å². The minimum atomic E-state index is -0.366. The van der Waals surface area contributed by atoms with Gasteiger partial charge in [-0.1, -0.05) is 18.3 Å². The second-order valence-electron chi connectivity index (χ2n) is 5.01. The highest BCUT2D eigenvalue weighted by atomic mass is 32.1. The summed E-state index contributed by atoms with van der Waals surface area (Å²) in [5.74, 6) is 0.0965. The Morgan fingerprint density at radius 3 is 2.90 bits per heavy atom. The number of amides is 1. The van der Waals surface area contributed by atoms with Crippen LogP contribution in [0.5, 0.6) is 0 Å². The van der Waals surface area contributed by atoms with Gasteiger partial charge < -0.3 is 21.1 Å².